The molecular weight excluding hydrogens is 146 g/mol. The molecule has 0 heterocycles. The van der Waals surface area contributed by atoms with Gasteiger partial charge < -0.3 is 5.73 Å². The van der Waals surface area contributed by atoms with Crippen LogP contribution < -0.4 is 5.73 Å². The Labute approximate surface area is 75.7 Å². The van der Waals surface area contributed by atoms with Crippen LogP contribution in [0.2, 0.25) is 0 Å². The van der Waals surface area contributed by atoms with Crippen molar-refractivity contribution in [2.75, 3.05) is 0 Å². The van der Waals surface area contributed by atoms with Crippen molar-refractivity contribution < 1.29 is 0 Å². The molecule has 0 aromatic rings. The third kappa shape index (κ3) is 2.53. The van der Waals surface area contributed by atoms with E-state index in [1.54, 1.807) is 0 Å². The molecule has 0 saturated heterocycles. The van der Waals surface area contributed by atoms with Crippen molar-refractivity contribution in [2.45, 2.75) is 45.1 Å². The summed E-state index contributed by atoms with van der Waals surface area (Å²) >= 11 is 0. The van der Waals surface area contributed by atoms with Crippen LogP contribution in [0.1, 0.15) is 39.0 Å². The van der Waals surface area contributed by atoms with E-state index in [-0.39, 0.29) is 0 Å². The van der Waals surface area contributed by atoms with Crippen molar-refractivity contribution in [3.63, 3.8) is 0 Å². The summed E-state index contributed by atoms with van der Waals surface area (Å²) in [6.07, 6.45) is 11.0. The molecule has 0 radical (unpaired) electrons. The third-order valence-corrected chi connectivity index (χ3v) is 2.96. The first-order valence-corrected chi connectivity index (χ1v) is 4.93. The molecule has 3 atom stereocenters. The van der Waals surface area contributed by atoms with Crippen LogP contribution in [-0.2, 0) is 0 Å². The van der Waals surface area contributed by atoms with Gasteiger partial charge in [-0.3, -0.25) is 0 Å². The topological polar surface area (TPSA) is 26.0 Å². The van der Waals surface area contributed by atoms with Crippen LogP contribution >= 0.6 is 0 Å². The van der Waals surface area contributed by atoms with E-state index in [0.717, 1.165) is 24.7 Å². The molecule has 12 heavy (non-hydrogen) atoms. The summed E-state index contributed by atoms with van der Waals surface area (Å²) in [7, 11) is 0. The van der Waals surface area contributed by atoms with Crippen LogP contribution in [0.4, 0.5) is 0 Å². The molecule has 1 aliphatic carbocycles. The summed E-state index contributed by atoms with van der Waals surface area (Å²) in [5.41, 5.74) is 6.03. The van der Waals surface area contributed by atoms with Crippen LogP contribution in [0.25, 0.3) is 0 Å². The largest absolute Gasteiger partial charge is 0.327 e. The lowest BCUT2D eigenvalue weighted by Crippen LogP contribution is -2.28. The van der Waals surface area contributed by atoms with E-state index in [4.69, 9.17) is 12.2 Å². The minimum absolute atomic E-state index is 0.353. The van der Waals surface area contributed by atoms with Crippen LogP contribution in [0.15, 0.2) is 0 Å². The molecule has 3 unspecified atom stereocenters. The van der Waals surface area contributed by atoms with Gasteiger partial charge in [0.1, 0.15) is 0 Å². The fourth-order valence-corrected chi connectivity index (χ4v) is 2.13. The minimum Gasteiger partial charge on any atom is -0.327 e. The van der Waals surface area contributed by atoms with E-state index in [1.165, 1.54) is 19.3 Å². The fourth-order valence-electron chi connectivity index (χ4n) is 2.13. The first-order chi connectivity index (χ1) is 5.74. The van der Waals surface area contributed by atoms with Gasteiger partial charge in [0.15, 0.2) is 0 Å². The monoisotopic (exact) mass is 165 g/mol. The zero-order chi connectivity index (χ0) is 8.97. The maximum Gasteiger partial charge on any atom is 0.0101 e. The van der Waals surface area contributed by atoms with Gasteiger partial charge in [-0.1, -0.05) is 13.3 Å². The Morgan fingerprint density at radius 1 is 1.58 bits per heavy atom. The molecule has 1 rings (SSSR count). The Morgan fingerprint density at radius 3 is 2.83 bits per heavy atom. The van der Waals surface area contributed by atoms with E-state index in [0.29, 0.717) is 6.04 Å². The van der Waals surface area contributed by atoms with E-state index < -0.39 is 0 Å². The van der Waals surface area contributed by atoms with Crippen molar-refractivity contribution in [2.24, 2.45) is 17.6 Å². The zero-order valence-corrected chi connectivity index (χ0v) is 7.92. The summed E-state index contributed by atoms with van der Waals surface area (Å²) in [6, 6.07) is 0.353. The molecule has 1 aliphatic rings. The van der Waals surface area contributed by atoms with E-state index in [1.807, 2.05) is 0 Å². The van der Waals surface area contributed by atoms with Gasteiger partial charge in [0.25, 0.3) is 0 Å². The van der Waals surface area contributed by atoms with Gasteiger partial charge in [-0.2, -0.15) is 0 Å². The lowest BCUT2D eigenvalue weighted by molar-refractivity contribution is 0.401. The van der Waals surface area contributed by atoms with Crippen LogP contribution in [0.5, 0.6) is 0 Å². The normalized spacial score (nSPS) is 31.4. The average molecular weight is 165 g/mol. The average Bonchev–Trinajstić information content (AvgIpc) is 2.47. The molecule has 0 bridgehead atoms. The number of nitrogens with two attached hydrogens (primary N) is 1. The van der Waals surface area contributed by atoms with Gasteiger partial charge in [-0.15, -0.1) is 12.3 Å². The van der Waals surface area contributed by atoms with E-state index in [2.05, 4.69) is 12.8 Å². The van der Waals surface area contributed by atoms with Gasteiger partial charge >= 0.3 is 0 Å². The quantitative estimate of drug-likeness (QED) is 0.637. The molecule has 0 spiro atoms. The van der Waals surface area contributed by atoms with Crippen molar-refractivity contribution >= 4 is 0 Å². The first-order valence-electron chi connectivity index (χ1n) is 4.93. The van der Waals surface area contributed by atoms with Gasteiger partial charge in [0, 0.05) is 12.5 Å². The van der Waals surface area contributed by atoms with Gasteiger partial charge in [-0.05, 0) is 31.1 Å². The second-order valence-electron chi connectivity index (χ2n) is 4.08. The van der Waals surface area contributed by atoms with Crippen LogP contribution in [-0.4, -0.2) is 6.04 Å². The highest BCUT2D eigenvalue weighted by Crippen LogP contribution is 2.32. The van der Waals surface area contributed by atoms with E-state index >= 15 is 0 Å². The number of rotatable bonds is 3. The van der Waals surface area contributed by atoms with Gasteiger partial charge in [-0.25, -0.2) is 0 Å². The molecule has 0 aromatic carbocycles. The number of terminal acetylenes is 1. The van der Waals surface area contributed by atoms with Crippen LogP contribution in [0.3, 0.4) is 0 Å². The lowest BCUT2D eigenvalue weighted by atomic mass is 9.94. The van der Waals surface area contributed by atoms with Crippen molar-refractivity contribution in [3.05, 3.63) is 0 Å². The Bertz CT molecular complexity index is 168. The van der Waals surface area contributed by atoms with Gasteiger partial charge in [0.05, 0.1) is 0 Å². The molecule has 68 valence electrons. The summed E-state index contributed by atoms with van der Waals surface area (Å²) in [5, 5.41) is 0. The smallest absolute Gasteiger partial charge is 0.0101 e. The van der Waals surface area contributed by atoms with Crippen molar-refractivity contribution in [1.29, 1.82) is 0 Å². The summed E-state index contributed by atoms with van der Waals surface area (Å²) in [4.78, 5) is 0. The maximum absolute atomic E-state index is 6.03. The summed E-state index contributed by atoms with van der Waals surface area (Å²) < 4.78 is 0. The molecule has 1 fully saturated rings. The molecule has 2 N–H and O–H groups in total. The lowest BCUT2D eigenvalue weighted by Gasteiger charge is -2.17. The molecule has 0 aromatic heterocycles. The van der Waals surface area contributed by atoms with Gasteiger partial charge in [0.2, 0.25) is 0 Å². The van der Waals surface area contributed by atoms with Crippen LogP contribution in [0, 0.1) is 24.2 Å². The molecule has 1 saturated carbocycles. The fraction of sp³-hybridized carbons (Fsp3) is 0.818. The highest BCUT2D eigenvalue weighted by Gasteiger charge is 2.25. The predicted molar refractivity (Wildman–Crippen MR) is 52.5 cm³/mol. The second-order valence-corrected chi connectivity index (χ2v) is 4.08. The Hall–Kier alpha value is -0.480. The Balaban J connectivity index is 2.24. The maximum atomic E-state index is 6.03. The zero-order valence-electron chi connectivity index (χ0n) is 7.92. The SMILES string of the molecule is C#CCCC(N)C1CCC(C)C1. The molecule has 0 aliphatic heterocycles. The molecule has 1 nitrogen and oxygen atoms in total. The highest BCUT2D eigenvalue weighted by atomic mass is 14.7. The third-order valence-electron chi connectivity index (χ3n) is 2.96. The number of hydrogen-bond acceptors (Lipinski definition) is 1. The summed E-state index contributed by atoms with van der Waals surface area (Å²) in [5.74, 6) is 4.28. The molecule has 0 amide bonds. The summed E-state index contributed by atoms with van der Waals surface area (Å²) in [6.45, 7) is 2.31. The predicted octanol–water partition coefficient (Wildman–Crippen LogP) is 2.16. The number of hydrogen-bond donors (Lipinski definition) is 1. The highest BCUT2D eigenvalue weighted by molar-refractivity contribution is 4.88. The minimum atomic E-state index is 0.353. The van der Waals surface area contributed by atoms with E-state index in [9.17, 15) is 0 Å². The molecule has 1 heteroatoms. The first kappa shape index (κ1) is 9.61. The molecular formula is C11H19N. The van der Waals surface area contributed by atoms with Crippen molar-refractivity contribution in [1.82, 2.24) is 0 Å². The Kier molecular flexibility index (Phi) is 3.62. The van der Waals surface area contributed by atoms with Crippen molar-refractivity contribution in [3.8, 4) is 12.3 Å². The Morgan fingerprint density at radius 2 is 2.33 bits per heavy atom. The standard InChI is InChI=1S/C11H19N/c1-3-4-5-11(12)10-7-6-9(2)8-10/h1,9-11H,4-8,12H2,2H3. The second kappa shape index (κ2) is 4.52.